The largest absolute Gasteiger partial charge is 0.325 e. The molecule has 1 unspecified atom stereocenters. The Bertz CT molecular complexity index is 463. The van der Waals surface area contributed by atoms with Gasteiger partial charge in [-0.1, -0.05) is 6.07 Å². The zero-order valence-corrected chi connectivity index (χ0v) is 10.9. The van der Waals surface area contributed by atoms with Gasteiger partial charge in [0, 0.05) is 11.1 Å². The number of hydrogen-bond donors (Lipinski definition) is 3. The van der Waals surface area contributed by atoms with Crippen LogP contribution in [0.1, 0.15) is 41.8 Å². The lowest BCUT2D eigenvalue weighted by molar-refractivity contribution is 0.0706. The minimum Gasteiger partial charge on any atom is -0.325 e. The summed E-state index contributed by atoms with van der Waals surface area (Å²) in [6.07, 6.45) is 2.98. The van der Waals surface area contributed by atoms with Crippen molar-refractivity contribution in [3.63, 3.8) is 0 Å². The third kappa shape index (κ3) is 2.54. The lowest BCUT2D eigenvalue weighted by atomic mass is 9.74. The molecule has 1 aromatic rings. The molecule has 2 rings (SSSR count). The van der Waals surface area contributed by atoms with Crippen LogP contribution in [0.3, 0.4) is 0 Å². The number of nitrogens with two attached hydrogens (primary N) is 1. The molecule has 0 fully saturated rings. The molecule has 18 heavy (non-hydrogen) atoms. The third-order valence-electron chi connectivity index (χ3n) is 3.85. The minimum atomic E-state index is -0.466. The number of fused-ring (bicyclic) bond motifs is 1. The van der Waals surface area contributed by atoms with Gasteiger partial charge in [-0.05, 0) is 62.3 Å². The molecule has 0 aromatic heterocycles. The number of amides is 1. The molecule has 1 atom stereocenters. The highest BCUT2D eigenvalue weighted by atomic mass is 16.5. The molecule has 1 aliphatic rings. The van der Waals surface area contributed by atoms with Crippen LogP contribution in [0, 0.1) is 5.92 Å². The lowest BCUT2D eigenvalue weighted by Gasteiger charge is -2.34. The van der Waals surface area contributed by atoms with Crippen molar-refractivity contribution in [3.05, 3.63) is 34.9 Å². The van der Waals surface area contributed by atoms with E-state index >= 15 is 0 Å². The second kappa shape index (κ2) is 4.71. The Labute approximate surface area is 107 Å². The molecule has 1 aromatic carbocycles. The maximum absolute atomic E-state index is 11.4. The summed E-state index contributed by atoms with van der Waals surface area (Å²) in [6.45, 7) is 4.10. The molecule has 4 nitrogen and oxygen atoms in total. The van der Waals surface area contributed by atoms with Crippen LogP contribution < -0.4 is 11.2 Å². The second-order valence-electron chi connectivity index (χ2n) is 5.69. The zero-order valence-electron chi connectivity index (χ0n) is 10.9. The maximum atomic E-state index is 11.4. The standard InChI is InChI=1S/C14H20N2O2/c1-14(2,15)12-6-5-9-3-4-10(13(17)16-18)7-11(9)8-12/h3-4,7,12,18H,5-6,8,15H2,1-2H3,(H,16,17). The summed E-state index contributed by atoms with van der Waals surface area (Å²) in [6, 6.07) is 5.58. The first-order chi connectivity index (χ1) is 8.41. The number of carbonyl (C=O) groups is 1. The molecule has 0 heterocycles. The number of carbonyl (C=O) groups excluding carboxylic acids is 1. The van der Waals surface area contributed by atoms with Crippen LogP contribution >= 0.6 is 0 Å². The average Bonchev–Trinajstić information content (AvgIpc) is 2.35. The van der Waals surface area contributed by atoms with E-state index in [0.717, 1.165) is 19.3 Å². The molecule has 0 bridgehead atoms. The van der Waals surface area contributed by atoms with Gasteiger partial charge in [0.25, 0.3) is 5.91 Å². The fraction of sp³-hybridized carbons (Fsp3) is 0.500. The van der Waals surface area contributed by atoms with Crippen molar-refractivity contribution in [1.29, 1.82) is 0 Å². The molecule has 0 aliphatic heterocycles. The van der Waals surface area contributed by atoms with Gasteiger partial charge in [0.15, 0.2) is 0 Å². The molecule has 0 radical (unpaired) electrons. The fourth-order valence-electron chi connectivity index (χ4n) is 2.60. The highest BCUT2D eigenvalue weighted by Gasteiger charge is 2.29. The Balaban J connectivity index is 2.27. The Morgan fingerprint density at radius 3 is 2.78 bits per heavy atom. The van der Waals surface area contributed by atoms with Gasteiger partial charge in [-0.2, -0.15) is 0 Å². The van der Waals surface area contributed by atoms with Gasteiger partial charge in [-0.15, -0.1) is 0 Å². The van der Waals surface area contributed by atoms with E-state index in [2.05, 4.69) is 0 Å². The van der Waals surface area contributed by atoms with Crippen LogP contribution in [-0.4, -0.2) is 16.7 Å². The predicted molar refractivity (Wildman–Crippen MR) is 69.5 cm³/mol. The monoisotopic (exact) mass is 248 g/mol. The van der Waals surface area contributed by atoms with Crippen LogP contribution in [0.15, 0.2) is 18.2 Å². The number of aryl methyl sites for hydroxylation is 1. The summed E-state index contributed by atoms with van der Waals surface area (Å²) >= 11 is 0. The van der Waals surface area contributed by atoms with E-state index in [0.29, 0.717) is 11.5 Å². The van der Waals surface area contributed by atoms with Crippen molar-refractivity contribution >= 4 is 5.91 Å². The lowest BCUT2D eigenvalue weighted by Crippen LogP contribution is -2.43. The smallest absolute Gasteiger partial charge is 0.274 e. The number of hydrogen-bond acceptors (Lipinski definition) is 3. The zero-order chi connectivity index (χ0) is 13.3. The van der Waals surface area contributed by atoms with Gasteiger partial charge < -0.3 is 5.73 Å². The third-order valence-corrected chi connectivity index (χ3v) is 3.85. The minimum absolute atomic E-state index is 0.201. The van der Waals surface area contributed by atoms with Gasteiger partial charge in [-0.25, -0.2) is 5.48 Å². The number of hydroxylamine groups is 1. The average molecular weight is 248 g/mol. The van der Waals surface area contributed by atoms with Gasteiger partial charge in [0.05, 0.1) is 0 Å². The summed E-state index contributed by atoms with van der Waals surface area (Å²) in [5.41, 5.74) is 10.6. The highest BCUT2D eigenvalue weighted by Crippen LogP contribution is 2.31. The van der Waals surface area contributed by atoms with E-state index in [1.54, 1.807) is 11.5 Å². The van der Waals surface area contributed by atoms with Gasteiger partial charge in [0.1, 0.15) is 0 Å². The van der Waals surface area contributed by atoms with Crippen LogP contribution in [0.5, 0.6) is 0 Å². The van der Waals surface area contributed by atoms with Crippen LogP contribution in [-0.2, 0) is 12.8 Å². The Hall–Kier alpha value is -1.39. The number of rotatable bonds is 2. The molecule has 0 saturated heterocycles. The van der Waals surface area contributed by atoms with Crippen molar-refractivity contribution in [2.45, 2.75) is 38.6 Å². The molecular formula is C14H20N2O2. The van der Waals surface area contributed by atoms with Gasteiger partial charge >= 0.3 is 0 Å². The topological polar surface area (TPSA) is 75.4 Å². The second-order valence-corrected chi connectivity index (χ2v) is 5.69. The van der Waals surface area contributed by atoms with E-state index < -0.39 is 5.91 Å². The van der Waals surface area contributed by atoms with E-state index in [-0.39, 0.29) is 5.54 Å². The number of nitrogens with one attached hydrogen (secondary N) is 1. The normalized spacial score (nSPS) is 19.2. The SMILES string of the molecule is CC(C)(N)C1CCc2ccc(C(=O)NO)cc2C1. The van der Waals surface area contributed by atoms with Crippen LogP contribution in [0.4, 0.5) is 0 Å². The molecule has 0 spiro atoms. The highest BCUT2D eigenvalue weighted by molar-refractivity contribution is 5.93. The van der Waals surface area contributed by atoms with Crippen LogP contribution in [0.2, 0.25) is 0 Å². The molecular weight excluding hydrogens is 228 g/mol. The quantitative estimate of drug-likeness (QED) is 0.550. The van der Waals surface area contributed by atoms with Crippen LogP contribution in [0.25, 0.3) is 0 Å². The van der Waals surface area contributed by atoms with Crippen molar-refractivity contribution < 1.29 is 10.0 Å². The molecule has 1 aliphatic carbocycles. The summed E-state index contributed by atoms with van der Waals surface area (Å²) < 4.78 is 0. The molecule has 1 amide bonds. The van der Waals surface area contributed by atoms with E-state index in [1.807, 2.05) is 26.0 Å². The molecule has 4 N–H and O–H groups in total. The van der Waals surface area contributed by atoms with E-state index in [4.69, 9.17) is 10.9 Å². The molecule has 98 valence electrons. The maximum Gasteiger partial charge on any atom is 0.274 e. The first-order valence-electron chi connectivity index (χ1n) is 6.27. The van der Waals surface area contributed by atoms with Crippen molar-refractivity contribution in [2.24, 2.45) is 11.7 Å². The van der Waals surface area contributed by atoms with E-state index in [9.17, 15) is 4.79 Å². The van der Waals surface area contributed by atoms with E-state index in [1.165, 1.54) is 11.1 Å². The van der Waals surface area contributed by atoms with Gasteiger partial charge in [-0.3, -0.25) is 10.0 Å². The Morgan fingerprint density at radius 1 is 1.44 bits per heavy atom. The van der Waals surface area contributed by atoms with Crippen molar-refractivity contribution in [3.8, 4) is 0 Å². The summed E-state index contributed by atoms with van der Waals surface area (Å²) in [5.74, 6) is -0.0376. The Kier molecular flexibility index (Phi) is 3.41. The molecule has 0 saturated carbocycles. The molecule has 4 heteroatoms. The first-order valence-corrected chi connectivity index (χ1v) is 6.27. The predicted octanol–water partition coefficient (Wildman–Crippen LogP) is 1.65. The Morgan fingerprint density at radius 2 is 2.17 bits per heavy atom. The van der Waals surface area contributed by atoms with Crippen molar-refractivity contribution in [1.82, 2.24) is 5.48 Å². The van der Waals surface area contributed by atoms with Gasteiger partial charge in [0.2, 0.25) is 0 Å². The summed E-state index contributed by atoms with van der Waals surface area (Å²) in [4.78, 5) is 11.4. The fourth-order valence-corrected chi connectivity index (χ4v) is 2.60. The first kappa shape index (κ1) is 13.1. The summed E-state index contributed by atoms with van der Waals surface area (Å²) in [5, 5.41) is 8.65. The number of benzene rings is 1. The summed E-state index contributed by atoms with van der Waals surface area (Å²) in [7, 11) is 0. The van der Waals surface area contributed by atoms with Crippen molar-refractivity contribution in [2.75, 3.05) is 0 Å².